The van der Waals surface area contributed by atoms with Crippen molar-refractivity contribution in [2.75, 3.05) is 20.2 Å². The minimum absolute atomic E-state index is 0.224. The van der Waals surface area contributed by atoms with Crippen molar-refractivity contribution < 1.29 is 9.53 Å². The Bertz CT molecular complexity index is 308. The predicted molar refractivity (Wildman–Crippen MR) is 59.1 cm³/mol. The highest BCUT2D eigenvalue weighted by atomic mass is 35.5. The number of methoxy groups -OCH3 is 1. The molecular weight excluding hydrogens is 237 g/mol. The standard InChI is InChI=1S/C10H15Cl2NO2/c1-8(7(14)15-2)6-13-4-3-9(8)5-10(9,11)12/h13H,3-6H2,1-2H3/t8-,9-/m0/s1. The summed E-state index contributed by atoms with van der Waals surface area (Å²) in [4.78, 5) is 11.9. The summed E-state index contributed by atoms with van der Waals surface area (Å²) in [6.07, 6.45) is 1.50. The first kappa shape index (κ1) is 11.5. The lowest BCUT2D eigenvalue weighted by Crippen LogP contribution is -2.53. The van der Waals surface area contributed by atoms with Crippen LogP contribution in [0.3, 0.4) is 0 Å². The molecule has 2 fully saturated rings. The van der Waals surface area contributed by atoms with E-state index in [4.69, 9.17) is 27.9 Å². The number of ether oxygens (including phenoxy) is 1. The molecule has 0 aromatic carbocycles. The number of carbonyl (C=O) groups is 1. The van der Waals surface area contributed by atoms with Gasteiger partial charge >= 0.3 is 5.97 Å². The second-order valence-electron chi connectivity index (χ2n) is 4.71. The maximum atomic E-state index is 11.9. The fourth-order valence-corrected chi connectivity index (χ4v) is 3.85. The van der Waals surface area contributed by atoms with Crippen molar-refractivity contribution >= 4 is 29.2 Å². The molecule has 1 aliphatic heterocycles. The molecule has 0 bridgehead atoms. The van der Waals surface area contributed by atoms with Crippen LogP contribution < -0.4 is 5.32 Å². The molecule has 1 aliphatic carbocycles. The van der Waals surface area contributed by atoms with Gasteiger partial charge in [0.15, 0.2) is 0 Å². The van der Waals surface area contributed by atoms with Gasteiger partial charge in [0.05, 0.1) is 12.5 Å². The van der Waals surface area contributed by atoms with Gasteiger partial charge in [0.2, 0.25) is 0 Å². The minimum atomic E-state index is -0.766. The van der Waals surface area contributed by atoms with E-state index >= 15 is 0 Å². The summed E-state index contributed by atoms with van der Waals surface area (Å²) in [6, 6.07) is 0. The van der Waals surface area contributed by atoms with Crippen molar-refractivity contribution in [3.05, 3.63) is 0 Å². The van der Waals surface area contributed by atoms with E-state index in [1.165, 1.54) is 7.11 Å². The summed E-state index contributed by atoms with van der Waals surface area (Å²) in [6.45, 7) is 3.33. The van der Waals surface area contributed by atoms with Crippen LogP contribution in [-0.2, 0) is 9.53 Å². The van der Waals surface area contributed by atoms with Gasteiger partial charge in [-0.1, -0.05) is 0 Å². The number of esters is 1. The van der Waals surface area contributed by atoms with Crippen molar-refractivity contribution in [2.24, 2.45) is 10.8 Å². The summed E-state index contributed by atoms with van der Waals surface area (Å²) >= 11 is 12.4. The fraction of sp³-hybridized carbons (Fsp3) is 0.900. The van der Waals surface area contributed by atoms with Crippen molar-refractivity contribution in [2.45, 2.75) is 24.1 Å². The van der Waals surface area contributed by atoms with Gasteiger partial charge in [0, 0.05) is 12.0 Å². The molecule has 1 N–H and O–H groups in total. The highest BCUT2D eigenvalue weighted by Crippen LogP contribution is 2.74. The van der Waals surface area contributed by atoms with Crippen LogP contribution in [0.1, 0.15) is 19.8 Å². The van der Waals surface area contributed by atoms with Crippen LogP contribution >= 0.6 is 23.2 Å². The topological polar surface area (TPSA) is 38.3 Å². The van der Waals surface area contributed by atoms with E-state index in [1.54, 1.807) is 0 Å². The van der Waals surface area contributed by atoms with Gasteiger partial charge in [-0.15, -0.1) is 23.2 Å². The molecule has 0 radical (unpaired) electrons. The molecule has 1 saturated carbocycles. The highest BCUT2D eigenvalue weighted by molar-refractivity contribution is 6.51. The fourth-order valence-electron chi connectivity index (χ4n) is 2.78. The summed E-state index contributed by atoms with van der Waals surface area (Å²) < 4.78 is 4.10. The van der Waals surface area contributed by atoms with E-state index < -0.39 is 9.75 Å². The van der Waals surface area contributed by atoms with Crippen molar-refractivity contribution in [1.82, 2.24) is 5.32 Å². The first-order valence-corrected chi connectivity index (χ1v) is 5.82. The monoisotopic (exact) mass is 251 g/mol. The summed E-state index contributed by atoms with van der Waals surface area (Å²) in [5.74, 6) is -0.224. The van der Waals surface area contributed by atoms with Crippen LogP contribution in [0.15, 0.2) is 0 Å². The lowest BCUT2D eigenvalue weighted by molar-refractivity contribution is -0.157. The molecule has 2 atom stereocenters. The second-order valence-corrected chi connectivity index (χ2v) is 6.20. The number of nitrogens with one attached hydrogen (secondary N) is 1. The van der Waals surface area contributed by atoms with Gasteiger partial charge in [-0.25, -0.2) is 0 Å². The van der Waals surface area contributed by atoms with E-state index in [9.17, 15) is 4.79 Å². The molecule has 0 aromatic heterocycles. The molecule has 0 amide bonds. The maximum Gasteiger partial charge on any atom is 0.313 e. The van der Waals surface area contributed by atoms with Crippen LogP contribution in [-0.4, -0.2) is 30.5 Å². The van der Waals surface area contributed by atoms with Crippen molar-refractivity contribution in [3.8, 4) is 0 Å². The molecule has 2 rings (SSSR count). The molecule has 2 aliphatic rings. The average Bonchev–Trinajstić information content (AvgIpc) is 2.74. The van der Waals surface area contributed by atoms with Gasteiger partial charge in [-0.05, 0) is 26.3 Å². The molecule has 1 spiro atoms. The lowest BCUT2D eigenvalue weighted by atomic mass is 9.70. The third-order valence-corrected chi connectivity index (χ3v) is 4.99. The molecule has 0 aromatic rings. The third kappa shape index (κ3) is 1.33. The normalized spacial score (nSPS) is 42.7. The predicted octanol–water partition coefficient (Wildman–Crippen LogP) is 1.72. The van der Waals surface area contributed by atoms with Crippen LogP contribution in [0.4, 0.5) is 0 Å². The van der Waals surface area contributed by atoms with Crippen molar-refractivity contribution in [1.29, 1.82) is 0 Å². The van der Waals surface area contributed by atoms with Gasteiger partial charge in [0.1, 0.15) is 4.33 Å². The van der Waals surface area contributed by atoms with Gasteiger partial charge in [0.25, 0.3) is 0 Å². The Hall–Kier alpha value is 0.01000. The molecule has 86 valence electrons. The summed E-state index contributed by atoms with van der Waals surface area (Å²) in [5, 5.41) is 3.21. The molecular formula is C10H15Cl2NO2. The second kappa shape index (κ2) is 3.25. The number of halogens is 2. The number of piperidine rings is 1. The Morgan fingerprint density at radius 2 is 2.07 bits per heavy atom. The minimum Gasteiger partial charge on any atom is -0.469 e. The number of hydrogen-bond donors (Lipinski definition) is 1. The molecule has 5 heteroatoms. The Balaban J connectivity index is 2.33. The van der Waals surface area contributed by atoms with Gasteiger partial charge in [-0.2, -0.15) is 0 Å². The zero-order valence-corrected chi connectivity index (χ0v) is 10.4. The molecule has 1 saturated heterocycles. The number of alkyl halides is 2. The Kier molecular flexibility index (Phi) is 2.49. The van der Waals surface area contributed by atoms with E-state index in [1.807, 2.05) is 6.92 Å². The number of hydrogen-bond acceptors (Lipinski definition) is 3. The van der Waals surface area contributed by atoms with E-state index in [0.717, 1.165) is 13.0 Å². The van der Waals surface area contributed by atoms with Gasteiger partial charge < -0.3 is 10.1 Å². The van der Waals surface area contributed by atoms with E-state index in [2.05, 4.69) is 5.32 Å². The zero-order chi connectivity index (χ0) is 11.3. The highest BCUT2D eigenvalue weighted by Gasteiger charge is 2.76. The molecule has 15 heavy (non-hydrogen) atoms. The van der Waals surface area contributed by atoms with E-state index in [0.29, 0.717) is 13.0 Å². The Labute approximate surface area is 99.4 Å². The van der Waals surface area contributed by atoms with Crippen LogP contribution in [0.25, 0.3) is 0 Å². The number of carbonyl (C=O) groups excluding carboxylic acids is 1. The van der Waals surface area contributed by atoms with Crippen LogP contribution in [0.2, 0.25) is 0 Å². The quantitative estimate of drug-likeness (QED) is 0.570. The molecule has 0 unspecified atom stereocenters. The van der Waals surface area contributed by atoms with Crippen molar-refractivity contribution in [3.63, 3.8) is 0 Å². The third-order valence-electron chi connectivity index (χ3n) is 4.00. The number of rotatable bonds is 1. The van der Waals surface area contributed by atoms with Gasteiger partial charge in [-0.3, -0.25) is 4.79 Å². The zero-order valence-electron chi connectivity index (χ0n) is 8.90. The first-order valence-electron chi connectivity index (χ1n) is 5.07. The smallest absolute Gasteiger partial charge is 0.313 e. The Morgan fingerprint density at radius 3 is 2.53 bits per heavy atom. The molecule has 3 nitrogen and oxygen atoms in total. The van der Waals surface area contributed by atoms with Crippen LogP contribution in [0, 0.1) is 10.8 Å². The Morgan fingerprint density at radius 1 is 1.47 bits per heavy atom. The summed E-state index contributed by atoms with van der Waals surface area (Å²) in [7, 11) is 1.41. The summed E-state index contributed by atoms with van der Waals surface area (Å²) in [5.41, 5.74) is -0.912. The van der Waals surface area contributed by atoms with Crippen LogP contribution in [0.5, 0.6) is 0 Å². The first-order chi connectivity index (χ1) is 6.90. The SMILES string of the molecule is COC(=O)[C@]1(C)CNCC[C@]12CC2(Cl)Cl. The largest absolute Gasteiger partial charge is 0.469 e. The average molecular weight is 252 g/mol. The maximum absolute atomic E-state index is 11.9. The molecule has 1 heterocycles. The lowest BCUT2D eigenvalue weighted by Gasteiger charge is -2.41. The van der Waals surface area contributed by atoms with E-state index in [-0.39, 0.29) is 11.4 Å².